The zero-order valence-electron chi connectivity index (χ0n) is 11.4. The van der Waals surface area contributed by atoms with Crippen molar-refractivity contribution in [2.75, 3.05) is 0 Å². The van der Waals surface area contributed by atoms with Gasteiger partial charge in [0.15, 0.2) is 0 Å². The molecule has 1 aliphatic carbocycles. The van der Waals surface area contributed by atoms with Crippen molar-refractivity contribution in [1.29, 1.82) is 0 Å². The van der Waals surface area contributed by atoms with Crippen molar-refractivity contribution in [3.8, 4) is 0 Å². The molecule has 0 aromatic heterocycles. The molecular weight excluding hydrogens is 273 g/mol. The van der Waals surface area contributed by atoms with Crippen LogP contribution in [0, 0.1) is 5.82 Å². The Hall–Kier alpha value is -1.38. The third-order valence-corrected chi connectivity index (χ3v) is 4.35. The minimum atomic E-state index is -0.149. The Morgan fingerprint density at radius 2 is 2.05 bits per heavy atom. The first-order valence-corrected chi connectivity index (χ1v) is 7.32. The maximum atomic E-state index is 13.2. The summed E-state index contributed by atoms with van der Waals surface area (Å²) in [7, 11) is 0. The molecule has 0 bridgehead atoms. The molecule has 3 heteroatoms. The predicted octanol–water partition coefficient (Wildman–Crippen LogP) is 4.82. The second-order valence-corrected chi connectivity index (χ2v) is 5.75. The molecule has 2 aromatic rings. The van der Waals surface area contributed by atoms with E-state index in [1.54, 1.807) is 12.1 Å². The molecule has 0 fully saturated rings. The van der Waals surface area contributed by atoms with Crippen LogP contribution < -0.4 is 5.32 Å². The highest BCUT2D eigenvalue weighted by atomic mass is 35.5. The Labute approximate surface area is 123 Å². The maximum Gasteiger partial charge on any atom is 0.123 e. The zero-order chi connectivity index (χ0) is 14.1. The normalized spacial score (nSPS) is 18.9. The lowest BCUT2D eigenvalue weighted by Crippen LogP contribution is -2.23. The van der Waals surface area contributed by atoms with Gasteiger partial charge in [-0.15, -0.1) is 0 Å². The largest absolute Gasteiger partial charge is 0.303 e. The molecule has 0 aliphatic heterocycles. The quantitative estimate of drug-likeness (QED) is 0.854. The van der Waals surface area contributed by atoms with E-state index in [0.29, 0.717) is 0 Å². The molecule has 1 aliphatic rings. The van der Waals surface area contributed by atoms with Gasteiger partial charge in [0.1, 0.15) is 5.82 Å². The van der Waals surface area contributed by atoms with Gasteiger partial charge in [0.25, 0.3) is 0 Å². The van der Waals surface area contributed by atoms with Crippen LogP contribution in [0.15, 0.2) is 42.5 Å². The Morgan fingerprint density at radius 1 is 1.25 bits per heavy atom. The van der Waals surface area contributed by atoms with Crippen molar-refractivity contribution in [3.63, 3.8) is 0 Å². The third-order valence-electron chi connectivity index (χ3n) is 4.01. The van der Waals surface area contributed by atoms with Crippen LogP contribution in [0.4, 0.5) is 4.39 Å². The zero-order valence-corrected chi connectivity index (χ0v) is 12.1. The number of halogens is 2. The van der Waals surface area contributed by atoms with Crippen molar-refractivity contribution < 1.29 is 4.39 Å². The van der Waals surface area contributed by atoms with Gasteiger partial charge in [-0.1, -0.05) is 35.9 Å². The first kappa shape index (κ1) is 13.6. The van der Waals surface area contributed by atoms with Crippen LogP contribution in [0.1, 0.15) is 42.1 Å². The van der Waals surface area contributed by atoms with Crippen molar-refractivity contribution in [2.24, 2.45) is 0 Å². The number of benzene rings is 2. The molecule has 20 heavy (non-hydrogen) atoms. The molecule has 0 radical (unpaired) electrons. The monoisotopic (exact) mass is 289 g/mol. The summed E-state index contributed by atoms with van der Waals surface area (Å²) in [6.07, 6.45) is 1.94. The minimum absolute atomic E-state index is 0.149. The average Bonchev–Trinajstić information content (AvgIpc) is 2.81. The van der Waals surface area contributed by atoms with Crippen LogP contribution >= 0.6 is 11.6 Å². The molecule has 104 valence electrons. The predicted molar refractivity (Wildman–Crippen MR) is 80.5 cm³/mol. The summed E-state index contributed by atoms with van der Waals surface area (Å²) in [5, 5.41) is 4.39. The topological polar surface area (TPSA) is 12.0 Å². The van der Waals surface area contributed by atoms with Gasteiger partial charge in [-0.25, -0.2) is 4.39 Å². The van der Waals surface area contributed by atoms with Gasteiger partial charge in [0.2, 0.25) is 0 Å². The Bertz CT molecular complexity index is 626. The SMILES string of the molecule is CC(NC1CCc2cc(F)ccc21)c1ccccc1Cl. The minimum Gasteiger partial charge on any atom is -0.303 e. The van der Waals surface area contributed by atoms with Gasteiger partial charge in [0.05, 0.1) is 0 Å². The summed E-state index contributed by atoms with van der Waals surface area (Å²) < 4.78 is 13.2. The molecule has 0 saturated heterocycles. The highest BCUT2D eigenvalue weighted by Crippen LogP contribution is 2.34. The Kier molecular flexibility index (Phi) is 3.77. The van der Waals surface area contributed by atoms with Gasteiger partial charge in [0, 0.05) is 17.1 Å². The first-order chi connectivity index (χ1) is 9.65. The summed E-state index contributed by atoms with van der Waals surface area (Å²) in [6, 6.07) is 13.4. The van der Waals surface area contributed by atoms with E-state index in [2.05, 4.69) is 12.2 Å². The molecule has 1 nitrogen and oxygen atoms in total. The fourth-order valence-electron chi connectivity index (χ4n) is 2.98. The molecular formula is C17H17ClFN. The number of hydrogen-bond acceptors (Lipinski definition) is 1. The van der Waals surface area contributed by atoms with Crippen molar-refractivity contribution in [2.45, 2.75) is 31.8 Å². The second-order valence-electron chi connectivity index (χ2n) is 5.34. The lowest BCUT2D eigenvalue weighted by Gasteiger charge is -2.21. The van der Waals surface area contributed by atoms with E-state index in [4.69, 9.17) is 11.6 Å². The van der Waals surface area contributed by atoms with Crippen molar-refractivity contribution in [1.82, 2.24) is 5.32 Å². The number of fused-ring (bicyclic) bond motifs is 1. The van der Waals surface area contributed by atoms with E-state index < -0.39 is 0 Å². The van der Waals surface area contributed by atoms with Gasteiger partial charge in [-0.2, -0.15) is 0 Å². The lowest BCUT2D eigenvalue weighted by atomic mass is 10.0. The molecule has 2 unspecified atom stereocenters. The van der Waals surface area contributed by atoms with E-state index in [1.807, 2.05) is 30.3 Å². The smallest absolute Gasteiger partial charge is 0.123 e. The molecule has 0 amide bonds. The summed E-state index contributed by atoms with van der Waals surface area (Å²) in [5.41, 5.74) is 3.43. The molecule has 0 heterocycles. The number of aryl methyl sites for hydroxylation is 1. The average molecular weight is 290 g/mol. The molecule has 3 rings (SSSR count). The van der Waals surface area contributed by atoms with Crippen LogP contribution in [0.25, 0.3) is 0 Å². The molecule has 0 spiro atoms. The first-order valence-electron chi connectivity index (χ1n) is 6.94. The van der Waals surface area contributed by atoms with Gasteiger partial charge < -0.3 is 5.32 Å². The summed E-state index contributed by atoms with van der Waals surface area (Å²) in [5.74, 6) is -0.149. The molecule has 0 saturated carbocycles. The fourth-order valence-corrected chi connectivity index (χ4v) is 3.28. The second kappa shape index (κ2) is 5.55. The Morgan fingerprint density at radius 3 is 2.85 bits per heavy atom. The van der Waals surface area contributed by atoms with Crippen LogP contribution in [0.3, 0.4) is 0 Å². The highest BCUT2D eigenvalue weighted by Gasteiger charge is 2.24. The van der Waals surface area contributed by atoms with Crippen LogP contribution in [0.2, 0.25) is 5.02 Å². The van der Waals surface area contributed by atoms with Crippen molar-refractivity contribution in [3.05, 3.63) is 70.0 Å². The fraction of sp³-hybridized carbons (Fsp3) is 0.294. The van der Waals surface area contributed by atoms with Gasteiger partial charge in [-0.3, -0.25) is 0 Å². The van der Waals surface area contributed by atoms with E-state index in [0.717, 1.165) is 29.0 Å². The van der Waals surface area contributed by atoms with Gasteiger partial charge in [-0.05, 0) is 54.7 Å². The highest BCUT2D eigenvalue weighted by molar-refractivity contribution is 6.31. The van der Waals surface area contributed by atoms with E-state index in [1.165, 1.54) is 5.56 Å². The summed E-state index contributed by atoms with van der Waals surface area (Å²) >= 11 is 6.24. The number of nitrogens with one attached hydrogen (secondary N) is 1. The third kappa shape index (κ3) is 2.58. The van der Waals surface area contributed by atoms with Crippen molar-refractivity contribution >= 4 is 11.6 Å². The van der Waals surface area contributed by atoms with Crippen LogP contribution in [-0.2, 0) is 6.42 Å². The van der Waals surface area contributed by atoms with E-state index >= 15 is 0 Å². The van der Waals surface area contributed by atoms with E-state index in [-0.39, 0.29) is 17.9 Å². The van der Waals surface area contributed by atoms with Crippen LogP contribution in [0.5, 0.6) is 0 Å². The lowest BCUT2D eigenvalue weighted by molar-refractivity contribution is 0.465. The summed E-state index contributed by atoms with van der Waals surface area (Å²) in [6.45, 7) is 2.11. The van der Waals surface area contributed by atoms with Crippen LogP contribution in [-0.4, -0.2) is 0 Å². The Balaban J connectivity index is 1.79. The maximum absolute atomic E-state index is 13.2. The van der Waals surface area contributed by atoms with E-state index in [9.17, 15) is 4.39 Å². The molecule has 1 N–H and O–H groups in total. The standard InChI is InChI=1S/C17H17ClFN/c1-11(14-4-2-3-5-16(14)18)20-17-9-6-12-10-13(19)7-8-15(12)17/h2-5,7-8,10-11,17,20H,6,9H2,1H3. The number of hydrogen-bond donors (Lipinski definition) is 1. The molecule has 2 aromatic carbocycles. The molecule has 2 atom stereocenters. The van der Waals surface area contributed by atoms with Gasteiger partial charge >= 0.3 is 0 Å². The summed E-state index contributed by atoms with van der Waals surface area (Å²) in [4.78, 5) is 0. The number of rotatable bonds is 3.